The molecule has 4 rings (SSSR count). The fourth-order valence-electron chi connectivity index (χ4n) is 3.72. The molecule has 0 unspecified atom stereocenters. The van der Waals surface area contributed by atoms with Gasteiger partial charge in [0.05, 0.1) is 5.56 Å². The summed E-state index contributed by atoms with van der Waals surface area (Å²) in [4.78, 5) is 38.9. The van der Waals surface area contributed by atoms with Gasteiger partial charge in [-0.05, 0) is 38.3 Å². The molecular weight excluding hydrogens is 432 g/mol. The minimum Gasteiger partial charge on any atom is -0.332 e. The molecule has 1 aliphatic rings. The molecule has 1 aliphatic heterocycles. The quantitative estimate of drug-likeness (QED) is 0.456. The van der Waals surface area contributed by atoms with Crippen LogP contribution in [0.1, 0.15) is 49.7 Å². The van der Waals surface area contributed by atoms with Gasteiger partial charge in [-0.1, -0.05) is 36.2 Å². The van der Waals surface area contributed by atoms with Gasteiger partial charge >= 0.3 is 5.69 Å². The summed E-state index contributed by atoms with van der Waals surface area (Å²) in [6.45, 7) is 4.79. The van der Waals surface area contributed by atoms with E-state index in [2.05, 4.69) is 27.0 Å². The van der Waals surface area contributed by atoms with Crippen molar-refractivity contribution in [3.8, 4) is 11.6 Å². The third kappa shape index (κ3) is 4.57. The Hall–Kier alpha value is -3.07. The molecule has 3 aromatic heterocycles. The van der Waals surface area contributed by atoms with Gasteiger partial charge in [0.25, 0.3) is 11.4 Å². The lowest BCUT2D eigenvalue weighted by molar-refractivity contribution is 0.419. The van der Waals surface area contributed by atoms with Crippen molar-refractivity contribution in [2.45, 2.75) is 65.5 Å². The highest BCUT2D eigenvalue weighted by atomic mass is 35.5. The van der Waals surface area contributed by atoms with Gasteiger partial charge in [-0.25, -0.2) is 14.8 Å². The SMILES string of the molecule is CCCCn1c2c(c(=O)n(CCCCc3noc(-c4cccc(C)n4)n3)c1=O)CC(Cl)=N2. The van der Waals surface area contributed by atoms with Crippen LogP contribution in [0, 0.1) is 6.92 Å². The molecule has 0 bridgehead atoms. The predicted molar refractivity (Wildman–Crippen MR) is 122 cm³/mol. The zero-order valence-corrected chi connectivity index (χ0v) is 18.9. The van der Waals surface area contributed by atoms with Crippen LogP contribution in [0.2, 0.25) is 0 Å². The number of hydrogen-bond donors (Lipinski definition) is 0. The number of nitrogens with zero attached hydrogens (tertiary/aromatic N) is 6. The maximum absolute atomic E-state index is 13.0. The van der Waals surface area contributed by atoms with Crippen molar-refractivity contribution in [3.63, 3.8) is 0 Å². The number of rotatable bonds is 9. The highest BCUT2D eigenvalue weighted by Gasteiger charge is 2.24. The van der Waals surface area contributed by atoms with Crippen LogP contribution < -0.4 is 11.2 Å². The van der Waals surface area contributed by atoms with Gasteiger partial charge in [-0.15, -0.1) is 0 Å². The zero-order chi connectivity index (χ0) is 22.7. The van der Waals surface area contributed by atoms with Crippen LogP contribution >= 0.6 is 11.6 Å². The summed E-state index contributed by atoms with van der Waals surface area (Å²) in [5.74, 6) is 1.37. The number of aryl methyl sites for hydroxylation is 2. The zero-order valence-electron chi connectivity index (χ0n) is 18.2. The van der Waals surface area contributed by atoms with E-state index in [1.54, 1.807) is 4.57 Å². The monoisotopic (exact) mass is 456 g/mol. The molecule has 3 aromatic rings. The minimum atomic E-state index is -0.329. The Labute approximate surface area is 189 Å². The highest BCUT2D eigenvalue weighted by Crippen LogP contribution is 2.24. The Morgan fingerprint density at radius 1 is 1.09 bits per heavy atom. The van der Waals surface area contributed by atoms with E-state index in [-0.39, 0.29) is 17.7 Å². The fourth-order valence-corrected chi connectivity index (χ4v) is 3.93. The lowest BCUT2D eigenvalue weighted by Crippen LogP contribution is -2.41. The Bertz CT molecular complexity index is 1270. The largest absolute Gasteiger partial charge is 0.332 e. The molecule has 0 spiro atoms. The summed E-state index contributed by atoms with van der Waals surface area (Å²) >= 11 is 6.07. The first-order valence-electron chi connectivity index (χ1n) is 10.8. The van der Waals surface area contributed by atoms with E-state index in [0.717, 1.165) is 18.5 Å². The standard InChI is InChI=1S/C22H25ClN6O3/c1-3-4-11-28-19-15(13-17(23)25-19)21(30)29(22(28)31)12-6-5-10-18-26-20(32-27-18)16-9-7-8-14(2)24-16/h7-9H,3-6,10-13H2,1-2H3. The van der Waals surface area contributed by atoms with Gasteiger partial charge in [0, 0.05) is 31.6 Å². The molecule has 0 saturated heterocycles. The third-order valence-corrected chi connectivity index (χ3v) is 5.60. The molecule has 0 aliphatic carbocycles. The lowest BCUT2D eigenvalue weighted by Gasteiger charge is -2.13. The second kappa shape index (κ2) is 9.60. The van der Waals surface area contributed by atoms with Crippen LogP contribution in [0.25, 0.3) is 11.6 Å². The molecule has 0 saturated carbocycles. The van der Waals surface area contributed by atoms with Gasteiger partial charge in [0.1, 0.15) is 16.7 Å². The van der Waals surface area contributed by atoms with E-state index in [1.807, 2.05) is 25.1 Å². The molecule has 0 fully saturated rings. The van der Waals surface area contributed by atoms with Crippen molar-refractivity contribution in [1.29, 1.82) is 0 Å². The summed E-state index contributed by atoms with van der Waals surface area (Å²) in [5.41, 5.74) is 1.38. The van der Waals surface area contributed by atoms with Gasteiger partial charge in [0.15, 0.2) is 5.82 Å². The molecule has 0 amide bonds. The van der Waals surface area contributed by atoms with Crippen LogP contribution in [-0.4, -0.2) is 29.4 Å². The summed E-state index contributed by atoms with van der Waals surface area (Å²) in [5, 5.41) is 4.36. The third-order valence-electron chi connectivity index (χ3n) is 5.38. The first-order chi connectivity index (χ1) is 15.5. The maximum atomic E-state index is 13.0. The first kappa shape index (κ1) is 22.1. The Balaban J connectivity index is 1.43. The molecule has 0 radical (unpaired) electrons. The van der Waals surface area contributed by atoms with Crippen molar-refractivity contribution < 1.29 is 4.52 Å². The summed E-state index contributed by atoms with van der Waals surface area (Å²) in [7, 11) is 0. The van der Waals surface area contributed by atoms with Crippen molar-refractivity contribution in [1.82, 2.24) is 24.3 Å². The Morgan fingerprint density at radius 2 is 1.91 bits per heavy atom. The van der Waals surface area contributed by atoms with Crippen LogP contribution in [0.15, 0.2) is 37.3 Å². The highest BCUT2D eigenvalue weighted by molar-refractivity contribution is 6.66. The molecule has 4 heterocycles. The van der Waals surface area contributed by atoms with Crippen molar-refractivity contribution in [2.75, 3.05) is 0 Å². The number of hydrogen-bond acceptors (Lipinski definition) is 7. The summed E-state index contributed by atoms with van der Waals surface area (Å²) in [6, 6.07) is 5.61. The van der Waals surface area contributed by atoms with E-state index >= 15 is 0 Å². The van der Waals surface area contributed by atoms with Crippen LogP contribution in [0.3, 0.4) is 0 Å². The topological polar surface area (TPSA) is 108 Å². The molecule has 0 N–H and O–H groups in total. The number of unbranched alkanes of at least 4 members (excludes halogenated alkanes) is 2. The number of aliphatic imine (C=N–C) groups is 1. The predicted octanol–water partition coefficient (Wildman–Crippen LogP) is 3.41. The average molecular weight is 457 g/mol. The van der Waals surface area contributed by atoms with Crippen molar-refractivity contribution >= 4 is 22.6 Å². The summed E-state index contributed by atoms with van der Waals surface area (Å²) < 4.78 is 8.20. The second-order valence-electron chi connectivity index (χ2n) is 7.85. The molecule has 9 nitrogen and oxygen atoms in total. The molecule has 32 heavy (non-hydrogen) atoms. The van der Waals surface area contributed by atoms with E-state index in [1.165, 1.54) is 4.57 Å². The van der Waals surface area contributed by atoms with Gasteiger partial charge in [-0.3, -0.25) is 13.9 Å². The Kier molecular flexibility index (Phi) is 6.64. The van der Waals surface area contributed by atoms with Crippen LogP contribution in [0.4, 0.5) is 5.82 Å². The molecule has 0 atom stereocenters. The number of fused-ring (bicyclic) bond motifs is 1. The normalized spacial score (nSPS) is 12.8. The number of halogens is 1. The Morgan fingerprint density at radius 3 is 2.69 bits per heavy atom. The van der Waals surface area contributed by atoms with Crippen LogP contribution in [0.5, 0.6) is 0 Å². The van der Waals surface area contributed by atoms with E-state index < -0.39 is 0 Å². The molecule has 0 aromatic carbocycles. The van der Waals surface area contributed by atoms with E-state index in [9.17, 15) is 9.59 Å². The molecule has 168 valence electrons. The van der Waals surface area contributed by atoms with Gasteiger partial charge in [0.2, 0.25) is 0 Å². The smallest absolute Gasteiger partial charge is 0.332 e. The molecule has 10 heteroatoms. The first-order valence-corrected chi connectivity index (χ1v) is 11.2. The van der Waals surface area contributed by atoms with Crippen LogP contribution in [-0.2, 0) is 25.9 Å². The number of aromatic nitrogens is 5. The maximum Gasteiger partial charge on any atom is 0.332 e. The minimum absolute atomic E-state index is 0.279. The summed E-state index contributed by atoms with van der Waals surface area (Å²) in [6.07, 6.45) is 3.95. The van der Waals surface area contributed by atoms with E-state index in [0.29, 0.717) is 66.3 Å². The molecular formula is C22H25ClN6O3. The number of pyridine rings is 1. The van der Waals surface area contributed by atoms with Gasteiger partial charge in [-0.2, -0.15) is 4.98 Å². The fraction of sp³-hybridized carbons (Fsp3) is 0.455. The van der Waals surface area contributed by atoms with Crippen molar-refractivity contribution in [3.05, 3.63) is 56.1 Å². The van der Waals surface area contributed by atoms with Gasteiger partial charge < -0.3 is 4.52 Å². The van der Waals surface area contributed by atoms with Crippen molar-refractivity contribution in [2.24, 2.45) is 4.99 Å². The average Bonchev–Trinajstić information content (AvgIpc) is 3.40. The second-order valence-corrected chi connectivity index (χ2v) is 8.28. The lowest BCUT2D eigenvalue weighted by atomic mass is 10.2. The van der Waals surface area contributed by atoms with E-state index in [4.69, 9.17) is 16.1 Å².